The number of aryl methyl sites for hydroxylation is 1. The van der Waals surface area contributed by atoms with Crippen LogP contribution in [0.25, 0.3) is 132 Å². The zero-order valence-electron chi connectivity index (χ0n) is 43.9. The average Bonchev–Trinajstić information content (AvgIpc) is 4.13. The normalized spacial score (nSPS) is 11.3. The summed E-state index contributed by atoms with van der Waals surface area (Å²) >= 11 is 0. The first kappa shape index (κ1) is 48.4. The molecule has 0 saturated heterocycles. The van der Waals surface area contributed by atoms with Crippen LogP contribution in [0.1, 0.15) is 12.5 Å². The molecule has 376 valence electrons. The second-order valence-corrected chi connectivity index (χ2v) is 20.3. The Bertz CT molecular complexity index is 4480. The zero-order chi connectivity index (χ0) is 53.2. The Morgan fingerprint density at radius 3 is 0.924 bits per heavy atom. The van der Waals surface area contributed by atoms with E-state index in [-0.39, 0.29) is 0 Å². The van der Waals surface area contributed by atoms with Crippen molar-refractivity contribution >= 4 is 54.9 Å². The minimum absolute atomic E-state index is 0.675. The second-order valence-electron chi connectivity index (χ2n) is 20.3. The molecule has 14 rings (SSSR count). The van der Waals surface area contributed by atoms with Crippen LogP contribution in [0.3, 0.4) is 0 Å². The quantitative estimate of drug-likeness (QED) is 0.0860. The van der Waals surface area contributed by atoms with Gasteiger partial charge < -0.3 is 15.9 Å². The van der Waals surface area contributed by atoms with Gasteiger partial charge in [-0.3, -0.25) is 0 Å². The topological polar surface area (TPSA) is 65.2 Å². The van der Waals surface area contributed by atoms with Gasteiger partial charge in [-0.1, -0.05) is 244 Å². The Kier molecular flexibility index (Phi) is 12.9. The van der Waals surface area contributed by atoms with Crippen molar-refractivity contribution in [1.82, 2.24) is 0 Å². The SMILES string of the molecule is CCc1cccc(-c2cccc(-c3cc(-c4cccc(-c5ccccc5)c4)cc4c3oc3c(-c5cccc(-c6ccccc6)c5)cc(-c5cccc(-c6ccccc6)c5)cc34)c2)c1.Nc1c(N)c2ccccc2c2ccccc12. The van der Waals surface area contributed by atoms with Gasteiger partial charge >= 0.3 is 0 Å². The number of furan rings is 1. The smallest absolute Gasteiger partial charge is 0.143 e. The number of nitrogens with two attached hydrogens (primary N) is 2. The summed E-state index contributed by atoms with van der Waals surface area (Å²) in [5, 5.41) is 6.54. The van der Waals surface area contributed by atoms with E-state index < -0.39 is 0 Å². The number of rotatable bonds is 9. The zero-order valence-corrected chi connectivity index (χ0v) is 43.9. The maximum absolute atomic E-state index is 7.32. The molecule has 0 radical (unpaired) electrons. The van der Waals surface area contributed by atoms with Crippen molar-refractivity contribution in [2.75, 3.05) is 11.5 Å². The van der Waals surface area contributed by atoms with Crippen molar-refractivity contribution in [3.8, 4) is 89.0 Å². The first-order chi connectivity index (χ1) is 38.9. The molecule has 79 heavy (non-hydrogen) atoms. The Labute approximate surface area is 461 Å². The Hall–Kier alpha value is -10.2. The molecule has 0 amide bonds. The van der Waals surface area contributed by atoms with Crippen LogP contribution >= 0.6 is 0 Å². The van der Waals surface area contributed by atoms with Crippen molar-refractivity contribution in [3.63, 3.8) is 0 Å². The standard InChI is InChI=1S/C62H44O.C14H12N2/c1-2-42-17-12-24-46(33-42)50-28-16-32-54(37-50)58-39-56(52-30-14-26-48(35-52)44-20-8-4-9-21-44)41-60-59-40-55(51-29-13-25-47(34-51)43-18-6-3-7-19-43)38-57(61(59)63-62(58)60)53-31-15-27-49(36-53)45-22-10-5-11-23-45;15-13-11-7-3-1-5-9(11)10-6-2-4-8-12(10)14(13)16/h3-41H,2H2,1H3;1-8H,15-16H2. The predicted molar refractivity (Wildman–Crippen MR) is 337 cm³/mol. The first-order valence-electron chi connectivity index (χ1n) is 27.1. The fourth-order valence-electron chi connectivity index (χ4n) is 11.3. The van der Waals surface area contributed by atoms with Gasteiger partial charge in [0.05, 0.1) is 11.4 Å². The van der Waals surface area contributed by atoms with E-state index in [4.69, 9.17) is 15.9 Å². The highest BCUT2D eigenvalue weighted by atomic mass is 16.3. The number of benzene rings is 13. The number of anilines is 2. The lowest BCUT2D eigenvalue weighted by molar-refractivity contribution is 0.671. The summed E-state index contributed by atoms with van der Waals surface area (Å²) in [7, 11) is 0. The molecule has 0 unspecified atom stereocenters. The van der Waals surface area contributed by atoms with E-state index in [1.54, 1.807) is 0 Å². The lowest BCUT2D eigenvalue weighted by Crippen LogP contribution is -1.97. The maximum atomic E-state index is 7.32. The van der Waals surface area contributed by atoms with Crippen LogP contribution in [0.5, 0.6) is 0 Å². The molecular weight excluding hydrogens is 957 g/mol. The van der Waals surface area contributed by atoms with Gasteiger partial charge in [0.25, 0.3) is 0 Å². The highest BCUT2D eigenvalue weighted by Gasteiger charge is 2.21. The minimum atomic E-state index is 0.675. The summed E-state index contributed by atoms with van der Waals surface area (Å²) in [5.74, 6) is 0. The average molecular weight is 1010 g/mol. The Morgan fingerprint density at radius 1 is 0.241 bits per heavy atom. The molecule has 0 aliphatic heterocycles. The van der Waals surface area contributed by atoms with Gasteiger partial charge in [-0.25, -0.2) is 0 Å². The molecular formula is C76H56N2O. The van der Waals surface area contributed by atoms with E-state index in [0.29, 0.717) is 11.4 Å². The molecule has 0 atom stereocenters. The molecule has 1 aromatic heterocycles. The van der Waals surface area contributed by atoms with Crippen LogP contribution in [0, 0.1) is 0 Å². The molecule has 0 aliphatic rings. The van der Waals surface area contributed by atoms with Crippen LogP contribution in [0.15, 0.2) is 290 Å². The predicted octanol–water partition coefficient (Wildman–Crippen LogP) is 20.6. The third-order valence-electron chi connectivity index (χ3n) is 15.4. The van der Waals surface area contributed by atoms with Gasteiger partial charge in [-0.2, -0.15) is 0 Å². The van der Waals surface area contributed by atoms with E-state index in [0.717, 1.165) is 94.4 Å². The molecule has 0 spiro atoms. The molecule has 14 aromatic rings. The van der Waals surface area contributed by atoms with Crippen molar-refractivity contribution in [3.05, 3.63) is 291 Å². The fraction of sp³-hybridized carbons (Fsp3) is 0.0263. The summed E-state index contributed by atoms with van der Waals surface area (Å²) in [6, 6.07) is 102. The lowest BCUT2D eigenvalue weighted by atomic mass is 9.91. The van der Waals surface area contributed by atoms with Crippen LogP contribution in [-0.2, 0) is 6.42 Å². The van der Waals surface area contributed by atoms with Crippen LogP contribution in [0.4, 0.5) is 11.4 Å². The summed E-state index contributed by atoms with van der Waals surface area (Å²) in [5.41, 5.74) is 35.0. The number of hydrogen-bond acceptors (Lipinski definition) is 3. The summed E-state index contributed by atoms with van der Waals surface area (Å²) in [4.78, 5) is 0. The van der Waals surface area contributed by atoms with Gasteiger partial charge in [-0.05, 0) is 149 Å². The molecule has 0 saturated carbocycles. The summed E-state index contributed by atoms with van der Waals surface area (Å²) < 4.78 is 7.32. The van der Waals surface area contributed by atoms with Gasteiger partial charge in [0, 0.05) is 32.7 Å². The van der Waals surface area contributed by atoms with Gasteiger partial charge in [0.15, 0.2) is 0 Å². The summed E-state index contributed by atoms with van der Waals surface area (Å²) in [6.45, 7) is 2.21. The van der Waals surface area contributed by atoms with Crippen molar-refractivity contribution in [2.24, 2.45) is 0 Å². The molecule has 1 heterocycles. The van der Waals surface area contributed by atoms with Crippen LogP contribution < -0.4 is 11.5 Å². The molecule has 3 nitrogen and oxygen atoms in total. The third-order valence-corrected chi connectivity index (χ3v) is 15.4. The van der Waals surface area contributed by atoms with Crippen molar-refractivity contribution in [2.45, 2.75) is 13.3 Å². The van der Waals surface area contributed by atoms with E-state index >= 15 is 0 Å². The van der Waals surface area contributed by atoms with E-state index in [9.17, 15) is 0 Å². The highest BCUT2D eigenvalue weighted by molar-refractivity contribution is 6.19. The Morgan fingerprint density at radius 2 is 0.532 bits per heavy atom. The largest absolute Gasteiger partial charge is 0.455 e. The molecule has 0 bridgehead atoms. The number of fused-ring (bicyclic) bond motifs is 6. The van der Waals surface area contributed by atoms with E-state index in [1.807, 2.05) is 36.4 Å². The second kappa shape index (κ2) is 21.1. The van der Waals surface area contributed by atoms with Gasteiger partial charge in [0.1, 0.15) is 11.2 Å². The van der Waals surface area contributed by atoms with E-state index in [2.05, 4.69) is 256 Å². The fourth-order valence-corrected chi connectivity index (χ4v) is 11.3. The van der Waals surface area contributed by atoms with Crippen LogP contribution in [0.2, 0.25) is 0 Å². The third kappa shape index (κ3) is 9.49. The lowest BCUT2D eigenvalue weighted by Gasteiger charge is -2.12. The van der Waals surface area contributed by atoms with Crippen molar-refractivity contribution < 1.29 is 4.42 Å². The minimum Gasteiger partial charge on any atom is -0.455 e. The molecule has 13 aromatic carbocycles. The van der Waals surface area contributed by atoms with Gasteiger partial charge in [-0.15, -0.1) is 0 Å². The van der Waals surface area contributed by atoms with Crippen molar-refractivity contribution in [1.29, 1.82) is 0 Å². The van der Waals surface area contributed by atoms with Crippen LogP contribution in [-0.4, -0.2) is 0 Å². The van der Waals surface area contributed by atoms with Gasteiger partial charge in [0.2, 0.25) is 0 Å². The number of hydrogen-bond donors (Lipinski definition) is 2. The molecule has 4 N–H and O–H groups in total. The highest BCUT2D eigenvalue weighted by Crippen LogP contribution is 2.46. The molecule has 0 fully saturated rings. The monoisotopic (exact) mass is 1010 g/mol. The molecule has 3 heteroatoms. The maximum Gasteiger partial charge on any atom is 0.143 e. The number of nitrogen functional groups attached to an aromatic ring is 2. The molecule has 0 aliphatic carbocycles. The Balaban J connectivity index is 0.000000315. The van der Waals surface area contributed by atoms with E-state index in [1.165, 1.54) is 50.1 Å². The first-order valence-corrected chi connectivity index (χ1v) is 27.1. The summed E-state index contributed by atoms with van der Waals surface area (Å²) in [6.07, 6.45) is 0.992.